The molecule has 0 spiro atoms. The van der Waals surface area contributed by atoms with Crippen LogP contribution in [0.3, 0.4) is 0 Å². The van der Waals surface area contributed by atoms with Gasteiger partial charge in [-0.1, -0.05) is 60.4 Å². The first-order valence-electron chi connectivity index (χ1n) is 11.1. The summed E-state index contributed by atoms with van der Waals surface area (Å²) in [5, 5.41) is 10.00. The highest BCUT2D eigenvalue weighted by Gasteiger charge is 2.55. The highest BCUT2D eigenvalue weighted by molar-refractivity contribution is 7.89. The minimum absolute atomic E-state index is 0.154. The van der Waals surface area contributed by atoms with Gasteiger partial charge in [-0.3, -0.25) is 4.79 Å². The van der Waals surface area contributed by atoms with Crippen LogP contribution >= 0.6 is 0 Å². The molecule has 5 rings (SSSR count). The first-order valence-corrected chi connectivity index (χ1v) is 12.6. The fourth-order valence-electron chi connectivity index (χ4n) is 4.85. The number of fused-ring (bicyclic) bond motifs is 1. The van der Waals surface area contributed by atoms with Crippen LogP contribution < -0.4 is 0 Å². The molecule has 1 N–H and O–H groups in total. The summed E-state index contributed by atoms with van der Waals surface area (Å²) in [5.41, 5.74) is 2.75. The predicted molar refractivity (Wildman–Crippen MR) is 128 cm³/mol. The average molecular weight is 473 g/mol. The Kier molecular flexibility index (Phi) is 5.96. The van der Waals surface area contributed by atoms with E-state index < -0.39 is 10.0 Å². The van der Waals surface area contributed by atoms with Gasteiger partial charge in [0.05, 0.1) is 30.1 Å². The predicted octanol–water partition coefficient (Wildman–Crippen LogP) is 2.45. The van der Waals surface area contributed by atoms with Crippen molar-refractivity contribution in [1.82, 2.24) is 9.21 Å². The molecular formula is C27H24N2O4S. The fraction of sp³-hybridized carbons (Fsp3) is 0.222. The topological polar surface area (TPSA) is 77.9 Å². The van der Waals surface area contributed by atoms with Crippen molar-refractivity contribution in [3.05, 3.63) is 102 Å². The van der Waals surface area contributed by atoms with Crippen LogP contribution in [0.25, 0.3) is 0 Å². The summed E-state index contributed by atoms with van der Waals surface area (Å²) in [6, 6.07) is 25.0. The summed E-state index contributed by atoms with van der Waals surface area (Å²) >= 11 is 0. The standard InChI is InChI=1S/C27H24N2O4S/c30-19-25-27(22-15-13-21(14-16-22)12-11-20-7-3-1-4-8-20)24-17-28(18-26(31)29(24)25)34(32,33)23-9-5-2-6-10-23/h1-10,13-16,24-25,27,30H,17-19H2/t24-,25+,27-/m1/s1. The Morgan fingerprint density at radius 1 is 0.853 bits per heavy atom. The number of hydrogen-bond acceptors (Lipinski definition) is 4. The molecular weight excluding hydrogens is 448 g/mol. The highest BCUT2D eigenvalue weighted by atomic mass is 32.2. The van der Waals surface area contributed by atoms with Crippen molar-refractivity contribution >= 4 is 15.9 Å². The van der Waals surface area contributed by atoms with Crippen LogP contribution in [0.15, 0.2) is 89.8 Å². The monoisotopic (exact) mass is 472 g/mol. The van der Waals surface area contributed by atoms with Gasteiger partial charge in [0.2, 0.25) is 15.9 Å². The van der Waals surface area contributed by atoms with Crippen molar-refractivity contribution in [2.75, 3.05) is 19.7 Å². The van der Waals surface area contributed by atoms with Crippen LogP contribution in [0, 0.1) is 11.8 Å². The molecule has 2 heterocycles. The van der Waals surface area contributed by atoms with Gasteiger partial charge in [-0.25, -0.2) is 8.42 Å². The Morgan fingerprint density at radius 2 is 1.44 bits per heavy atom. The molecule has 34 heavy (non-hydrogen) atoms. The maximum atomic E-state index is 13.1. The molecule has 0 unspecified atom stereocenters. The molecule has 7 heteroatoms. The van der Waals surface area contributed by atoms with E-state index in [1.165, 1.54) is 16.4 Å². The van der Waals surface area contributed by atoms with E-state index in [-0.39, 0.29) is 48.5 Å². The number of amides is 1. The number of rotatable bonds is 4. The van der Waals surface area contributed by atoms with Gasteiger partial charge in [0.15, 0.2) is 0 Å². The zero-order chi connectivity index (χ0) is 23.7. The lowest BCUT2D eigenvalue weighted by atomic mass is 9.74. The first-order chi connectivity index (χ1) is 16.5. The third kappa shape index (κ3) is 4.01. The molecule has 3 atom stereocenters. The minimum atomic E-state index is -3.78. The van der Waals surface area contributed by atoms with Gasteiger partial charge in [-0.2, -0.15) is 4.31 Å². The lowest BCUT2D eigenvalue weighted by Crippen LogP contribution is -2.73. The van der Waals surface area contributed by atoms with E-state index >= 15 is 0 Å². The minimum Gasteiger partial charge on any atom is -0.394 e. The third-order valence-electron chi connectivity index (χ3n) is 6.52. The van der Waals surface area contributed by atoms with E-state index in [2.05, 4.69) is 11.8 Å². The fourth-order valence-corrected chi connectivity index (χ4v) is 6.28. The van der Waals surface area contributed by atoms with E-state index in [4.69, 9.17) is 0 Å². The van der Waals surface area contributed by atoms with E-state index in [0.29, 0.717) is 0 Å². The van der Waals surface area contributed by atoms with Crippen LogP contribution in [0.2, 0.25) is 0 Å². The smallest absolute Gasteiger partial charge is 0.243 e. The Labute approximate surface area is 199 Å². The second-order valence-corrected chi connectivity index (χ2v) is 10.4. The largest absolute Gasteiger partial charge is 0.394 e. The highest BCUT2D eigenvalue weighted by Crippen LogP contribution is 2.43. The summed E-state index contributed by atoms with van der Waals surface area (Å²) in [6.45, 7) is -0.196. The summed E-state index contributed by atoms with van der Waals surface area (Å²) in [7, 11) is -3.78. The Hall–Kier alpha value is -3.44. The van der Waals surface area contributed by atoms with E-state index in [0.717, 1.165) is 16.7 Å². The van der Waals surface area contributed by atoms with Crippen molar-refractivity contribution in [2.45, 2.75) is 22.9 Å². The van der Waals surface area contributed by atoms with Crippen molar-refractivity contribution in [3.8, 4) is 11.8 Å². The average Bonchev–Trinajstić information content (AvgIpc) is 2.86. The zero-order valence-corrected chi connectivity index (χ0v) is 19.2. The van der Waals surface area contributed by atoms with E-state index in [9.17, 15) is 18.3 Å². The first kappa shape index (κ1) is 22.4. The Morgan fingerprint density at radius 3 is 2.06 bits per heavy atom. The lowest BCUT2D eigenvalue weighted by Gasteiger charge is -2.58. The van der Waals surface area contributed by atoms with Crippen molar-refractivity contribution < 1.29 is 18.3 Å². The Bertz CT molecular complexity index is 1350. The van der Waals surface area contributed by atoms with E-state index in [1.54, 1.807) is 23.1 Å². The van der Waals surface area contributed by atoms with Crippen LogP contribution in [0.1, 0.15) is 22.6 Å². The molecule has 0 aliphatic carbocycles. The number of sulfonamides is 1. The quantitative estimate of drug-likeness (QED) is 0.592. The molecule has 0 bridgehead atoms. The molecule has 172 valence electrons. The summed E-state index contributed by atoms with van der Waals surface area (Å²) in [6.07, 6.45) is 0. The third-order valence-corrected chi connectivity index (χ3v) is 8.35. The summed E-state index contributed by atoms with van der Waals surface area (Å²) in [5.74, 6) is 5.84. The molecule has 2 aliphatic heterocycles. The van der Waals surface area contributed by atoms with Gasteiger partial charge in [-0.05, 0) is 42.0 Å². The number of benzene rings is 3. The van der Waals surface area contributed by atoms with Crippen molar-refractivity contribution in [3.63, 3.8) is 0 Å². The zero-order valence-electron chi connectivity index (χ0n) is 18.4. The van der Waals surface area contributed by atoms with Gasteiger partial charge in [0.25, 0.3) is 0 Å². The SMILES string of the molecule is O=C1CN(S(=O)(=O)c2ccccc2)C[C@@H]2[C@@H](c3ccc(C#Cc4ccccc4)cc3)[C@H](CO)N12. The molecule has 1 amide bonds. The van der Waals surface area contributed by atoms with Gasteiger partial charge < -0.3 is 10.0 Å². The second kappa shape index (κ2) is 9.07. The number of carbonyl (C=O) groups is 1. The van der Waals surface area contributed by atoms with Gasteiger partial charge in [-0.15, -0.1) is 0 Å². The molecule has 0 radical (unpaired) electrons. The van der Waals surface area contributed by atoms with Crippen LogP contribution in [0.4, 0.5) is 0 Å². The number of nitrogens with zero attached hydrogens (tertiary/aromatic N) is 2. The van der Waals surface area contributed by atoms with Gasteiger partial charge >= 0.3 is 0 Å². The maximum absolute atomic E-state index is 13.1. The van der Waals surface area contributed by atoms with Gasteiger partial charge in [0, 0.05) is 23.6 Å². The number of carbonyl (C=O) groups excluding carboxylic acids is 1. The molecule has 2 saturated heterocycles. The number of hydrogen-bond donors (Lipinski definition) is 1. The maximum Gasteiger partial charge on any atom is 0.243 e. The van der Waals surface area contributed by atoms with Crippen LogP contribution in [-0.2, 0) is 14.8 Å². The number of piperazine rings is 1. The molecule has 2 fully saturated rings. The molecule has 3 aromatic carbocycles. The normalized spacial score (nSPS) is 22.3. The molecule has 0 aromatic heterocycles. The Balaban J connectivity index is 1.38. The van der Waals surface area contributed by atoms with Crippen molar-refractivity contribution in [1.29, 1.82) is 0 Å². The van der Waals surface area contributed by atoms with Crippen LogP contribution in [0.5, 0.6) is 0 Å². The van der Waals surface area contributed by atoms with Crippen molar-refractivity contribution in [2.24, 2.45) is 0 Å². The van der Waals surface area contributed by atoms with Gasteiger partial charge in [0.1, 0.15) is 0 Å². The lowest BCUT2D eigenvalue weighted by molar-refractivity contribution is -0.158. The summed E-state index contributed by atoms with van der Waals surface area (Å²) in [4.78, 5) is 14.7. The molecule has 6 nitrogen and oxygen atoms in total. The number of aliphatic hydroxyl groups excluding tert-OH is 1. The molecule has 0 saturated carbocycles. The van der Waals surface area contributed by atoms with E-state index in [1.807, 2.05) is 54.6 Å². The number of aliphatic hydroxyl groups is 1. The molecule has 2 aliphatic rings. The summed E-state index contributed by atoms with van der Waals surface area (Å²) < 4.78 is 27.5. The molecule has 3 aromatic rings. The second-order valence-electron chi connectivity index (χ2n) is 8.49. The van der Waals surface area contributed by atoms with Crippen LogP contribution in [-0.4, -0.2) is 60.4 Å².